The van der Waals surface area contributed by atoms with E-state index >= 15 is 0 Å². The van der Waals surface area contributed by atoms with E-state index in [4.69, 9.17) is 4.42 Å². The molecule has 0 bridgehead atoms. The fraction of sp³-hybridized carbons (Fsp3) is 0.148. The summed E-state index contributed by atoms with van der Waals surface area (Å²) in [5.74, 6) is 1.11. The zero-order valence-electron chi connectivity index (χ0n) is 18.9. The Balaban J connectivity index is 1.59. The van der Waals surface area contributed by atoms with Crippen LogP contribution in [0.15, 0.2) is 88.5 Å². The molecular formula is C27H24N4O3. The lowest BCUT2D eigenvalue weighted by Crippen LogP contribution is -2.11. The Bertz CT molecular complexity index is 1520. The van der Waals surface area contributed by atoms with Crippen molar-refractivity contribution >= 4 is 16.7 Å². The lowest BCUT2D eigenvalue weighted by atomic mass is 10.0. The molecule has 0 saturated carbocycles. The smallest absolute Gasteiger partial charge is 0.193 e. The molecule has 5 aromatic rings. The molecule has 7 heteroatoms. The van der Waals surface area contributed by atoms with Crippen LogP contribution >= 0.6 is 0 Å². The third-order valence-corrected chi connectivity index (χ3v) is 5.78. The van der Waals surface area contributed by atoms with Crippen molar-refractivity contribution in [2.75, 3.05) is 5.32 Å². The normalized spacial score (nSPS) is 12.1. The number of nitrogens with one attached hydrogen (secondary N) is 1. The highest BCUT2D eigenvalue weighted by Gasteiger charge is 2.18. The molecule has 3 aromatic heterocycles. The molecule has 5 rings (SSSR count). The highest BCUT2D eigenvalue weighted by molar-refractivity contribution is 5.83. The maximum Gasteiger partial charge on any atom is 0.193 e. The predicted molar refractivity (Wildman–Crippen MR) is 132 cm³/mol. The van der Waals surface area contributed by atoms with E-state index in [0.717, 1.165) is 22.4 Å². The molecular weight excluding hydrogens is 428 g/mol. The summed E-state index contributed by atoms with van der Waals surface area (Å²) in [7, 11) is 0. The second-order valence-corrected chi connectivity index (χ2v) is 8.25. The first-order valence-corrected chi connectivity index (χ1v) is 11.0. The van der Waals surface area contributed by atoms with Crippen LogP contribution in [0.1, 0.15) is 29.7 Å². The molecule has 0 aliphatic rings. The summed E-state index contributed by atoms with van der Waals surface area (Å²) in [6.07, 6.45) is 5.15. The van der Waals surface area contributed by atoms with Crippen molar-refractivity contribution < 1.29 is 9.52 Å². The van der Waals surface area contributed by atoms with E-state index in [1.165, 1.54) is 6.07 Å². The minimum absolute atomic E-state index is 0.0655. The topological polar surface area (TPSA) is 93.2 Å². The summed E-state index contributed by atoms with van der Waals surface area (Å²) in [6.45, 7) is 3.90. The van der Waals surface area contributed by atoms with E-state index in [9.17, 15) is 9.90 Å². The highest BCUT2D eigenvalue weighted by atomic mass is 16.3. The van der Waals surface area contributed by atoms with Gasteiger partial charge in [-0.3, -0.25) is 4.79 Å². The number of rotatable bonds is 6. The number of anilines is 1. The van der Waals surface area contributed by atoms with Crippen LogP contribution in [0.3, 0.4) is 0 Å². The quantitative estimate of drug-likeness (QED) is 0.376. The molecule has 0 aliphatic carbocycles. The highest BCUT2D eigenvalue weighted by Crippen LogP contribution is 2.31. The number of aliphatic hydroxyl groups is 1. The average molecular weight is 453 g/mol. The van der Waals surface area contributed by atoms with Crippen LogP contribution in [-0.4, -0.2) is 19.9 Å². The molecule has 170 valence electrons. The van der Waals surface area contributed by atoms with Crippen molar-refractivity contribution in [1.29, 1.82) is 0 Å². The number of benzene rings is 2. The maximum absolute atomic E-state index is 13.1. The number of para-hydroxylation sites is 1. The number of fused-ring (bicyclic) bond motifs is 1. The third-order valence-electron chi connectivity index (χ3n) is 5.78. The van der Waals surface area contributed by atoms with E-state index in [2.05, 4.69) is 15.4 Å². The van der Waals surface area contributed by atoms with Crippen LogP contribution in [0.4, 0.5) is 5.69 Å². The Kier molecular flexibility index (Phi) is 5.69. The zero-order chi connectivity index (χ0) is 23.7. The molecule has 2 aromatic carbocycles. The van der Waals surface area contributed by atoms with Crippen LogP contribution in [0.2, 0.25) is 0 Å². The molecule has 2 N–H and O–H groups in total. The van der Waals surface area contributed by atoms with Gasteiger partial charge in [-0.15, -0.1) is 0 Å². The molecule has 0 aliphatic heterocycles. The lowest BCUT2D eigenvalue weighted by molar-refractivity contribution is 0.282. The Hall–Kier alpha value is -4.23. The van der Waals surface area contributed by atoms with Gasteiger partial charge in [0.15, 0.2) is 11.2 Å². The van der Waals surface area contributed by atoms with Crippen molar-refractivity contribution in [2.45, 2.75) is 26.5 Å². The molecule has 34 heavy (non-hydrogen) atoms. The Labute approximate surface area is 196 Å². The van der Waals surface area contributed by atoms with E-state index in [-0.39, 0.29) is 18.1 Å². The second kappa shape index (κ2) is 8.96. The van der Waals surface area contributed by atoms with Crippen molar-refractivity contribution in [3.8, 4) is 17.1 Å². The van der Waals surface area contributed by atoms with Gasteiger partial charge >= 0.3 is 0 Å². The molecule has 3 heterocycles. The summed E-state index contributed by atoms with van der Waals surface area (Å²) < 4.78 is 7.96. The van der Waals surface area contributed by atoms with Gasteiger partial charge in [-0.05, 0) is 43.7 Å². The molecule has 7 nitrogen and oxygen atoms in total. The molecule has 0 fully saturated rings. The molecule has 0 amide bonds. The predicted octanol–water partition coefficient (Wildman–Crippen LogP) is 5.01. The minimum atomic E-state index is -0.176. The monoisotopic (exact) mass is 452 g/mol. The van der Waals surface area contributed by atoms with E-state index in [0.29, 0.717) is 28.1 Å². The van der Waals surface area contributed by atoms with Gasteiger partial charge in [0.2, 0.25) is 0 Å². The maximum atomic E-state index is 13.1. The van der Waals surface area contributed by atoms with Crippen LogP contribution in [0.5, 0.6) is 0 Å². The first-order valence-electron chi connectivity index (χ1n) is 11.0. The van der Waals surface area contributed by atoms with Crippen molar-refractivity contribution in [1.82, 2.24) is 14.8 Å². The summed E-state index contributed by atoms with van der Waals surface area (Å²) in [5, 5.41) is 18.0. The zero-order valence-corrected chi connectivity index (χ0v) is 18.9. The fourth-order valence-electron chi connectivity index (χ4n) is 4.07. The second-order valence-electron chi connectivity index (χ2n) is 8.25. The van der Waals surface area contributed by atoms with Crippen molar-refractivity contribution in [3.63, 3.8) is 0 Å². The van der Waals surface area contributed by atoms with Gasteiger partial charge in [-0.2, -0.15) is 5.10 Å². The first-order chi connectivity index (χ1) is 16.5. The van der Waals surface area contributed by atoms with Crippen LogP contribution in [0.25, 0.3) is 28.1 Å². The van der Waals surface area contributed by atoms with Crippen LogP contribution in [-0.2, 0) is 6.61 Å². The standard InChI is InChI=1S/C27H24N4O3/c1-17-11-21(18(2)30-23-8-4-3-7-19(23)16-32)27-22(12-17)24(33)13-25(34-27)20-14-29-31(15-20)26-9-5-6-10-28-26/h3-15,18,30,32H,16H2,1-2H3. The minimum Gasteiger partial charge on any atom is -0.455 e. The van der Waals surface area contributed by atoms with Gasteiger partial charge in [0.05, 0.1) is 29.8 Å². The number of hydrogen-bond donors (Lipinski definition) is 2. The number of aromatic nitrogens is 3. The van der Waals surface area contributed by atoms with Gasteiger partial charge in [0, 0.05) is 35.3 Å². The average Bonchev–Trinajstić information content (AvgIpc) is 3.35. The molecule has 0 radical (unpaired) electrons. The third kappa shape index (κ3) is 4.09. The summed E-state index contributed by atoms with van der Waals surface area (Å²) in [4.78, 5) is 17.4. The largest absolute Gasteiger partial charge is 0.455 e. The van der Waals surface area contributed by atoms with Gasteiger partial charge < -0.3 is 14.8 Å². The van der Waals surface area contributed by atoms with E-state index in [1.54, 1.807) is 23.3 Å². The summed E-state index contributed by atoms with van der Waals surface area (Å²) >= 11 is 0. The van der Waals surface area contributed by atoms with E-state index < -0.39 is 0 Å². The first kappa shape index (κ1) is 21.6. The Morgan fingerprint density at radius 2 is 1.94 bits per heavy atom. The number of hydrogen-bond acceptors (Lipinski definition) is 6. The number of pyridine rings is 1. The summed E-state index contributed by atoms with van der Waals surface area (Å²) in [5.41, 5.74) is 4.56. The number of nitrogens with zero attached hydrogens (tertiary/aromatic N) is 3. The number of aryl methyl sites for hydroxylation is 1. The van der Waals surface area contributed by atoms with Gasteiger partial charge in [0.1, 0.15) is 11.3 Å². The van der Waals surface area contributed by atoms with Gasteiger partial charge in [0.25, 0.3) is 0 Å². The van der Waals surface area contributed by atoms with Crippen LogP contribution < -0.4 is 10.7 Å². The van der Waals surface area contributed by atoms with Crippen molar-refractivity contribution in [3.05, 3.63) is 106 Å². The molecule has 0 spiro atoms. The Morgan fingerprint density at radius 1 is 1.12 bits per heavy atom. The summed E-state index contributed by atoms with van der Waals surface area (Å²) in [6, 6.07) is 18.4. The van der Waals surface area contributed by atoms with E-state index in [1.807, 2.05) is 68.4 Å². The number of aliphatic hydroxyl groups excluding tert-OH is 1. The molecule has 0 saturated heterocycles. The van der Waals surface area contributed by atoms with Crippen LogP contribution in [0, 0.1) is 6.92 Å². The lowest BCUT2D eigenvalue weighted by Gasteiger charge is -2.19. The molecule has 1 unspecified atom stereocenters. The van der Waals surface area contributed by atoms with Crippen molar-refractivity contribution in [2.24, 2.45) is 0 Å². The SMILES string of the molecule is Cc1cc(C(C)Nc2ccccc2CO)c2oc(-c3cnn(-c4ccccn4)c3)cc(=O)c2c1. The Morgan fingerprint density at radius 3 is 2.74 bits per heavy atom. The van der Waals surface area contributed by atoms with Gasteiger partial charge in [-0.1, -0.05) is 30.3 Å². The molecule has 1 atom stereocenters. The van der Waals surface area contributed by atoms with Gasteiger partial charge in [-0.25, -0.2) is 9.67 Å². The fourth-order valence-corrected chi connectivity index (χ4v) is 4.07.